The van der Waals surface area contributed by atoms with Crippen LogP contribution in [0.3, 0.4) is 0 Å². The summed E-state index contributed by atoms with van der Waals surface area (Å²) >= 11 is 0. The Morgan fingerprint density at radius 3 is 2.48 bits per heavy atom. The smallest absolute Gasteiger partial charge is 0.303 e. The summed E-state index contributed by atoms with van der Waals surface area (Å²) in [7, 11) is -0.627. The molecule has 0 radical (unpaired) electrons. The largest absolute Gasteiger partial charge is 0.481 e. The number of hydrogen-bond acceptors (Lipinski definition) is 3. The van der Waals surface area contributed by atoms with Gasteiger partial charge in [0.15, 0.2) is 0 Å². The summed E-state index contributed by atoms with van der Waals surface area (Å²) < 4.78 is 18.6. The number of rotatable bonds is 13. The van der Waals surface area contributed by atoms with Crippen LogP contribution >= 0.6 is 0 Å². The number of hydrogen-bond donors (Lipinski definition) is 1. The summed E-state index contributed by atoms with van der Waals surface area (Å²) in [5.74, 6) is 3.11. The van der Waals surface area contributed by atoms with Crippen LogP contribution in [0.25, 0.3) is 0 Å². The van der Waals surface area contributed by atoms with E-state index >= 15 is 0 Å². The first kappa shape index (κ1) is 23.0. The van der Waals surface area contributed by atoms with Gasteiger partial charge in [-0.05, 0) is 75.5 Å². The van der Waals surface area contributed by atoms with E-state index < -0.39 is 16.8 Å². The molecule has 1 unspecified atom stereocenters. The zero-order valence-electron chi connectivity index (χ0n) is 17.9. The molecule has 0 aromatic carbocycles. The summed E-state index contributed by atoms with van der Waals surface area (Å²) in [6.07, 6.45) is 20.7. The Balaban J connectivity index is 1.32. The van der Waals surface area contributed by atoms with Crippen LogP contribution < -0.4 is 0 Å². The molecule has 1 N–H and O–H groups in total. The normalized spacial score (nSPS) is 30.9. The van der Waals surface area contributed by atoms with E-state index in [1.54, 1.807) is 0 Å². The van der Waals surface area contributed by atoms with E-state index in [-0.39, 0.29) is 6.42 Å². The van der Waals surface area contributed by atoms with Gasteiger partial charge in [0, 0.05) is 28.7 Å². The highest BCUT2D eigenvalue weighted by molar-refractivity contribution is 7.84. The fraction of sp³-hybridized carbons (Fsp3) is 0.875. The van der Waals surface area contributed by atoms with E-state index in [1.165, 1.54) is 57.8 Å². The predicted molar refractivity (Wildman–Crippen MR) is 118 cm³/mol. The molecule has 1 aliphatic carbocycles. The second kappa shape index (κ2) is 12.2. The maximum Gasteiger partial charge on any atom is 0.303 e. The van der Waals surface area contributed by atoms with Crippen molar-refractivity contribution in [3.8, 4) is 0 Å². The molecule has 1 saturated carbocycles. The van der Waals surface area contributed by atoms with Gasteiger partial charge < -0.3 is 9.84 Å². The number of allylic oxidation sites excluding steroid dienone is 2. The topological polar surface area (TPSA) is 63.6 Å². The van der Waals surface area contributed by atoms with Gasteiger partial charge in [0.25, 0.3) is 0 Å². The van der Waals surface area contributed by atoms with Gasteiger partial charge in [-0.15, -0.1) is 0 Å². The highest BCUT2D eigenvalue weighted by Crippen LogP contribution is 2.47. The lowest BCUT2D eigenvalue weighted by Crippen LogP contribution is -2.27. The molecule has 0 amide bonds. The lowest BCUT2D eigenvalue weighted by molar-refractivity contribution is -0.137. The van der Waals surface area contributed by atoms with Gasteiger partial charge in [-0.25, -0.2) is 0 Å². The quantitative estimate of drug-likeness (QED) is 0.314. The predicted octanol–water partition coefficient (Wildman–Crippen LogP) is 5.48. The van der Waals surface area contributed by atoms with Crippen molar-refractivity contribution in [1.82, 2.24) is 0 Å². The lowest BCUT2D eigenvalue weighted by Gasteiger charge is -2.27. The van der Waals surface area contributed by atoms with Crippen LogP contribution in [-0.2, 0) is 20.3 Å². The Labute approximate surface area is 179 Å². The third-order valence-electron chi connectivity index (χ3n) is 7.23. The average Bonchev–Trinajstić information content (AvgIpc) is 3.30. The van der Waals surface area contributed by atoms with Crippen LogP contribution in [-0.4, -0.2) is 39.0 Å². The standard InChI is InChI=1S/C24H40O4S/c25-24(26)14-7-2-1-6-12-20-21(23-16-15-22(20)28-23)13-8-9-17-29(27)18-19-10-4-3-5-11-19/h1,6,19-23H,2-5,7-18H2,(H,25,26)/b6-1-/t20-,21+,22-,23+,29?/m1/s1. The molecule has 3 fully saturated rings. The minimum absolute atomic E-state index is 0.256. The highest BCUT2D eigenvalue weighted by Gasteiger charge is 2.47. The summed E-state index contributed by atoms with van der Waals surface area (Å²) in [4.78, 5) is 10.6. The monoisotopic (exact) mass is 424 g/mol. The molecule has 3 rings (SSSR count). The summed E-state index contributed by atoms with van der Waals surface area (Å²) in [6, 6.07) is 0. The van der Waals surface area contributed by atoms with Gasteiger partial charge in [-0.1, -0.05) is 37.8 Å². The van der Waals surface area contributed by atoms with Crippen molar-refractivity contribution in [3.63, 3.8) is 0 Å². The zero-order chi connectivity index (χ0) is 20.5. The first-order valence-corrected chi connectivity index (χ1v) is 13.5. The molecule has 166 valence electrons. The highest BCUT2D eigenvalue weighted by atomic mass is 32.2. The van der Waals surface area contributed by atoms with Crippen LogP contribution in [0.2, 0.25) is 0 Å². The van der Waals surface area contributed by atoms with Gasteiger partial charge in [0.05, 0.1) is 12.2 Å². The fourth-order valence-corrected chi connectivity index (χ4v) is 7.23. The molecular formula is C24H40O4S. The molecule has 3 aliphatic rings. The number of carboxylic acids is 1. The number of carboxylic acid groups (broad SMARTS) is 1. The van der Waals surface area contributed by atoms with Crippen LogP contribution in [0.15, 0.2) is 12.2 Å². The molecule has 2 saturated heterocycles. The Morgan fingerprint density at radius 2 is 1.72 bits per heavy atom. The van der Waals surface area contributed by atoms with E-state index in [0.717, 1.165) is 43.1 Å². The van der Waals surface area contributed by atoms with E-state index in [0.29, 0.717) is 24.0 Å². The van der Waals surface area contributed by atoms with Crippen LogP contribution in [0, 0.1) is 17.8 Å². The number of unbranched alkanes of at least 4 members (excludes halogenated alkanes) is 2. The number of carbonyl (C=O) groups is 1. The van der Waals surface area contributed by atoms with Crippen molar-refractivity contribution in [2.75, 3.05) is 11.5 Å². The van der Waals surface area contributed by atoms with Crippen molar-refractivity contribution in [2.45, 2.75) is 102 Å². The van der Waals surface area contributed by atoms with E-state index in [4.69, 9.17) is 9.84 Å². The molecule has 0 aromatic heterocycles. The van der Waals surface area contributed by atoms with Crippen molar-refractivity contribution in [3.05, 3.63) is 12.2 Å². The Hall–Kier alpha value is -0.680. The summed E-state index contributed by atoms with van der Waals surface area (Å²) in [5, 5.41) is 8.71. The van der Waals surface area contributed by atoms with Gasteiger partial charge in [-0.3, -0.25) is 9.00 Å². The van der Waals surface area contributed by atoms with Crippen molar-refractivity contribution < 1.29 is 18.8 Å². The van der Waals surface area contributed by atoms with Crippen molar-refractivity contribution in [1.29, 1.82) is 0 Å². The van der Waals surface area contributed by atoms with Crippen molar-refractivity contribution >= 4 is 16.8 Å². The second-order valence-corrected chi connectivity index (χ2v) is 11.0. The lowest BCUT2D eigenvalue weighted by atomic mass is 9.75. The Morgan fingerprint density at radius 1 is 0.966 bits per heavy atom. The summed E-state index contributed by atoms with van der Waals surface area (Å²) in [6.45, 7) is 0. The average molecular weight is 425 g/mol. The molecule has 5 atom stereocenters. The SMILES string of the molecule is O=C(O)CCC/C=C\C[C@@H]1[C@H](CCCCS(=O)CC2CCCCC2)[C@@H]2CC[C@H]1O2. The minimum atomic E-state index is -0.709. The maximum atomic E-state index is 12.4. The number of ether oxygens (including phenoxy) is 1. The maximum absolute atomic E-state index is 12.4. The Bertz CT molecular complexity index is 555. The summed E-state index contributed by atoms with van der Waals surface area (Å²) in [5.41, 5.74) is 0. The molecule has 0 spiro atoms. The van der Waals surface area contributed by atoms with Gasteiger partial charge >= 0.3 is 5.97 Å². The Kier molecular flexibility index (Phi) is 9.71. The van der Waals surface area contributed by atoms with Crippen molar-refractivity contribution in [2.24, 2.45) is 17.8 Å². The molecular weight excluding hydrogens is 384 g/mol. The third kappa shape index (κ3) is 7.50. The number of aliphatic carboxylic acids is 1. The molecule has 5 heteroatoms. The molecule has 2 bridgehead atoms. The molecule has 2 heterocycles. The molecule has 29 heavy (non-hydrogen) atoms. The molecule has 2 aliphatic heterocycles. The molecule has 0 aromatic rings. The van der Waals surface area contributed by atoms with E-state index in [2.05, 4.69) is 12.2 Å². The second-order valence-electron chi connectivity index (χ2n) is 9.42. The van der Waals surface area contributed by atoms with E-state index in [1.807, 2.05) is 0 Å². The zero-order valence-corrected chi connectivity index (χ0v) is 18.8. The molecule has 4 nitrogen and oxygen atoms in total. The number of fused-ring (bicyclic) bond motifs is 2. The van der Waals surface area contributed by atoms with Gasteiger partial charge in [0.1, 0.15) is 0 Å². The first-order chi connectivity index (χ1) is 14.1. The van der Waals surface area contributed by atoms with Crippen LogP contribution in [0.1, 0.15) is 89.9 Å². The third-order valence-corrected chi connectivity index (χ3v) is 8.82. The van der Waals surface area contributed by atoms with Crippen LogP contribution in [0.4, 0.5) is 0 Å². The van der Waals surface area contributed by atoms with E-state index in [9.17, 15) is 9.00 Å². The fourth-order valence-electron chi connectivity index (χ4n) is 5.68. The first-order valence-electron chi connectivity index (χ1n) is 12.0. The minimum Gasteiger partial charge on any atom is -0.481 e. The van der Waals surface area contributed by atoms with Gasteiger partial charge in [-0.2, -0.15) is 0 Å². The van der Waals surface area contributed by atoms with Crippen LogP contribution in [0.5, 0.6) is 0 Å². The van der Waals surface area contributed by atoms with Gasteiger partial charge in [0.2, 0.25) is 0 Å².